The number of aliphatic hydroxyl groups excluding tert-OH is 6. The second kappa shape index (κ2) is 7.40. The Bertz CT molecular complexity index is 1120. The second-order valence-electron chi connectivity index (χ2n) is 7.08. The molecule has 0 spiro atoms. The van der Waals surface area contributed by atoms with Gasteiger partial charge in [-0.1, -0.05) is 0 Å². The number of ether oxygens (including phenoxy) is 2. The van der Waals surface area contributed by atoms with E-state index in [2.05, 4.69) is 4.98 Å². The lowest BCUT2D eigenvalue weighted by atomic mass is 10.1. The summed E-state index contributed by atoms with van der Waals surface area (Å²) < 4.78 is 11.9. The van der Waals surface area contributed by atoms with Crippen molar-refractivity contribution in [1.82, 2.24) is 19.1 Å². The summed E-state index contributed by atoms with van der Waals surface area (Å²) in [5.74, 6) is 0. The number of H-pyrrole nitrogens is 2. The Kier molecular flexibility index (Phi) is 5.15. The summed E-state index contributed by atoms with van der Waals surface area (Å²) in [7, 11) is 0. The molecule has 4 rings (SSSR count). The highest BCUT2D eigenvalue weighted by Gasteiger charge is 2.47. The lowest BCUT2D eigenvalue weighted by Crippen LogP contribution is -2.39. The van der Waals surface area contributed by atoms with Gasteiger partial charge in [0.15, 0.2) is 23.6 Å². The number of imidazole rings is 1. The molecular formula is C15H20N4O11. The molecule has 15 nitrogen and oxygen atoms in total. The Labute approximate surface area is 165 Å². The van der Waals surface area contributed by atoms with Gasteiger partial charge in [0.05, 0.1) is 13.2 Å². The van der Waals surface area contributed by atoms with Crippen LogP contribution in [0.15, 0.2) is 14.4 Å². The normalized spacial score (nSPS) is 36.7. The van der Waals surface area contributed by atoms with Crippen LogP contribution in [-0.4, -0.2) is 99.6 Å². The highest BCUT2D eigenvalue weighted by atomic mass is 16.6. The number of hydrogen-bond donors (Lipinski definition) is 8. The number of aliphatic hydroxyl groups is 6. The van der Waals surface area contributed by atoms with Crippen LogP contribution >= 0.6 is 0 Å². The predicted molar refractivity (Wildman–Crippen MR) is 93.5 cm³/mol. The molecule has 8 N–H and O–H groups in total. The Morgan fingerprint density at radius 1 is 0.733 bits per heavy atom. The maximum Gasteiger partial charge on any atom is 0.332 e. The fourth-order valence-corrected chi connectivity index (χ4v) is 3.82. The van der Waals surface area contributed by atoms with Gasteiger partial charge in [0.1, 0.15) is 36.6 Å². The summed E-state index contributed by atoms with van der Waals surface area (Å²) in [6, 6.07) is 0. The quantitative estimate of drug-likeness (QED) is 0.227. The van der Waals surface area contributed by atoms with Crippen molar-refractivity contribution in [3.63, 3.8) is 0 Å². The molecule has 2 aliphatic heterocycles. The molecule has 166 valence electrons. The number of nitrogens with one attached hydrogen (secondary N) is 2. The Balaban J connectivity index is 1.91. The van der Waals surface area contributed by atoms with Crippen LogP contribution in [0.4, 0.5) is 0 Å². The molecule has 0 unspecified atom stereocenters. The topological polar surface area (TPSA) is 232 Å². The maximum atomic E-state index is 12.6. The van der Waals surface area contributed by atoms with Crippen molar-refractivity contribution in [1.29, 1.82) is 0 Å². The van der Waals surface area contributed by atoms with Crippen LogP contribution < -0.4 is 16.9 Å². The molecule has 4 heterocycles. The first kappa shape index (κ1) is 20.9. The summed E-state index contributed by atoms with van der Waals surface area (Å²) in [6.45, 7) is -1.34. The number of fused-ring (bicyclic) bond motifs is 1. The van der Waals surface area contributed by atoms with E-state index in [0.717, 1.165) is 0 Å². The van der Waals surface area contributed by atoms with E-state index in [4.69, 9.17) is 9.47 Å². The van der Waals surface area contributed by atoms with E-state index in [1.165, 1.54) is 0 Å². The molecule has 2 aliphatic rings. The van der Waals surface area contributed by atoms with Gasteiger partial charge in [0.2, 0.25) is 0 Å². The average Bonchev–Trinajstić information content (AvgIpc) is 3.29. The van der Waals surface area contributed by atoms with Crippen molar-refractivity contribution in [3.8, 4) is 0 Å². The van der Waals surface area contributed by atoms with Crippen LogP contribution in [0.2, 0.25) is 0 Å². The number of nitrogens with zero attached hydrogens (tertiary/aromatic N) is 2. The van der Waals surface area contributed by atoms with E-state index in [1.807, 2.05) is 4.98 Å². The van der Waals surface area contributed by atoms with Crippen molar-refractivity contribution < 1.29 is 40.1 Å². The number of rotatable bonds is 4. The van der Waals surface area contributed by atoms with Gasteiger partial charge in [-0.15, -0.1) is 0 Å². The number of aromatic nitrogens is 4. The molecule has 2 aromatic heterocycles. The molecule has 30 heavy (non-hydrogen) atoms. The predicted octanol–water partition coefficient (Wildman–Crippen LogP) is -5.60. The monoisotopic (exact) mass is 432 g/mol. The zero-order chi connectivity index (χ0) is 21.9. The summed E-state index contributed by atoms with van der Waals surface area (Å²) in [5.41, 5.74) is -4.03. The molecular weight excluding hydrogens is 412 g/mol. The van der Waals surface area contributed by atoms with Crippen LogP contribution in [0.3, 0.4) is 0 Å². The van der Waals surface area contributed by atoms with Crippen molar-refractivity contribution in [2.75, 3.05) is 13.2 Å². The van der Waals surface area contributed by atoms with E-state index in [-0.39, 0.29) is 0 Å². The largest absolute Gasteiger partial charge is 0.394 e. The molecule has 2 aromatic rings. The third-order valence-corrected chi connectivity index (χ3v) is 5.35. The van der Waals surface area contributed by atoms with Crippen LogP contribution in [0, 0.1) is 0 Å². The molecule has 0 amide bonds. The van der Waals surface area contributed by atoms with E-state index in [9.17, 15) is 45.0 Å². The van der Waals surface area contributed by atoms with Crippen molar-refractivity contribution in [2.24, 2.45) is 0 Å². The minimum absolute atomic E-state index is 0.415. The highest BCUT2D eigenvalue weighted by molar-refractivity contribution is 5.70. The molecule has 0 aliphatic carbocycles. The summed E-state index contributed by atoms with van der Waals surface area (Å²) in [5, 5.41) is 58.8. The second-order valence-corrected chi connectivity index (χ2v) is 7.08. The summed E-state index contributed by atoms with van der Waals surface area (Å²) in [4.78, 5) is 41.7. The molecule has 2 fully saturated rings. The molecule has 8 atom stereocenters. The first-order valence-corrected chi connectivity index (χ1v) is 8.95. The van der Waals surface area contributed by atoms with Crippen LogP contribution in [0.5, 0.6) is 0 Å². The first-order chi connectivity index (χ1) is 14.2. The zero-order valence-electron chi connectivity index (χ0n) is 15.2. The average molecular weight is 432 g/mol. The van der Waals surface area contributed by atoms with Gasteiger partial charge in [0, 0.05) is 0 Å². The van der Waals surface area contributed by atoms with Gasteiger partial charge in [-0.05, 0) is 0 Å². The number of hydrogen-bond acceptors (Lipinski definition) is 11. The van der Waals surface area contributed by atoms with E-state index in [1.54, 1.807) is 0 Å². The minimum atomic E-state index is -1.69. The van der Waals surface area contributed by atoms with Crippen LogP contribution in [0.1, 0.15) is 12.5 Å². The molecule has 0 saturated carbocycles. The number of aromatic amines is 2. The fourth-order valence-electron chi connectivity index (χ4n) is 3.82. The van der Waals surface area contributed by atoms with E-state index >= 15 is 0 Å². The lowest BCUT2D eigenvalue weighted by molar-refractivity contribution is -0.0537. The standard InChI is InChI=1S/C15H20N4O11/c20-1-3-6(22)8(24)12(29-3)18-5-10(16-14(18)27)19(15(28)17-11(5)26)13-9(25)7(23)4(2-21)30-13/h3-4,6-9,12-13,20-25H,1-2H2,(H,16,27)(H,17,26,28)/t3-,4-,6+,7-,8+,9-,12-,13-/m1/s1. The lowest BCUT2D eigenvalue weighted by Gasteiger charge is -2.19. The van der Waals surface area contributed by atoms with Gasteiger partial charge in [0.25, 0.3) is 5.56 Å². The minimum Gasteiger partial charge on any atom is -0.394 e. The molecule has 15 heteroatoms. The van der Waals surface area contributed by atoms with Gasteiger partial charge >= 0.3 is 11.4 Å². The van der Waals surface area contributed by atoms with Gasteiger partial charge in [-0.2, -0.15) is 0 Å². The summed E-state index contributed by atoms with van der Waals surface area (Å²) >= 11 is 0. The third kappa shape index (κ3) is 2.87. The van der Waals surface area contributed by atoms with E-state index in [0.29, 0.717) is 9.13 Å². The van der Waals surface area contributed by atoms with Crippen molar-refractivity contribution >= 4 is 11.2 Å². The summed E-state index contributed by atoms with van der Waals surface area (Å²) in [6.07, 6.45) is -12.1. The molecule has 0 bridgehead atoms. The van der Waals surface area contributed by atoms with Crippen LogP contribution in [0.25, 0.3) is 11.2 Å². The Hall–Kier alpha value is -2.37. The Morgan fingerprint density at radius 3 is 1.67 bits per heavy atom. The zero-order valence-corrected chi connectivity index (χ0v) is 15.2. The fraction of sp³-hybridized carbons (Fsp3) is 0.667. The highest BCUT2D eigenvalue weighted by Crippen LogP contribution is 2.32. The van der Waals surface area contributed by atoms with Gasteiger partial charge in [-0.3, -0.25) is 19.3 Å². The van der Waals surface area contributed by atoms with Crippen LogP contribution in [-0.2, 0) is 9.47 Å². The first-order valence-electron chi connectivity index (χ1n) is 8.95. The molecule has 0 aromatic carbocycles. The third-order valence-electron chi connectivity index (χ3n) is 5.35. The van der Waals surface area contributed by atoms with E-state index < -0.39 is 90.4 Å². The van der Waals surface area contributed by atoms with Crippen molar-refractivity contribution in [3.05, 3.63) is 31.3 Å². The smallest absolute Gasteiger partial charge is 0.332 e. The Morgan fingerprint density at radius 2 is 1.20 bits per heavy atom. The van der Waals surface area contributed by atoms with Gasteiger partial charge in [-0.25, -0.2) is 14.2 Å². The maximum absolute atomic E-state index is 12.6. The SMILES string of the molecule is O=c1[nH]c(=O)n([C@@H]2O[C@H](CO)[C@@H](O)[C@H]2O)c2[nH]c(=O)n([C@@H]3O[C@H](CO)[C@H](O)[C@@H]3O)c12. The van der Waals surface area contributed by atoms with Crippen molar-refractivity contribution in [2.45, 2.75) is 49.1 Å². The molecule has 2 saturated heterocycles. The van der Waals surface area contributed by atoms with Gasteiger partial charge < -0.3 is 40.1 Å². The molecule has 0 radical (unpaired) electrons.